The quantitative estimate of drug-likeness (QED) is 0.487. The van der Waals surface area contributed by atoms with E-state index >= 15 is 0 Å². The molecule has 0 bridgehead atoms. The Labute approximate surface area is 73.8 Å². The molecule has 0 aromatic heterocycles. The first kappa shape index (κ1) is 9.53. The van der Waals surface area contributed by atoms with Crippen LogP contribution < -0.4 is 5.32 Å². The molecule has 0 radical (unpaired) electrons. The van der Waals surface area contributed by atoms with E-state index < -0.39 is 35.9 Å². The van der Waals surface area contributed by atoms with E-state index in [1.165, 1.54) is 0 Å². The molecular weight excluding hydrogens is 178 g/mol. The molecule has 1 aliphatic rings. The van der Waals surface area contributed by atoms with Crippen LogP contribution in [0, 0.1) is 0 Å². The van der Waals surface area contributed by atoms with Crippen LogP contribution in [0.15, 0.2) is 11.5 Å². The summed E-state index contributed by atoms with van der Waals surface area (Å²) in [5.74, 6) is -2.63. The predicted molar refractivity (Wildman–Crippen MR) is 40.7 cm³/mol. The Hall–Kier alpha value is -1.56. The maximum Gasteiger partial charge on any atom is 0.290 e. The molecule has 72 valence electrons. The van der Waals surface area contributed by atoms with Crippen molar-refractivity contribution in [3.63, 3.8) is 0 Å². The van der Waals surface area contributed by atoms with Crippen LogP contribution in [0.5, 0.6) is 0 Å². The van der Waals surface area contributed by atoms with Crippen LogP contribution >= 0.6 is 0 Å². The van der Waals surface area contributed by atoms with Crippen molar-refractivity contribution < 1.29 is 24.5 Å². The Morgan fingerprint density at radius 2 is 2.15 bits per heavy atom. The molecule has 1 rings (SSSR count). The van der Waals surface area contributed by atoms with E-state index in [9.17, 15) is 9.59 Å². The summed E-state index contributed by atoms with van der Waals surface area (Å²) >= 11 is 0. The fourth-order valence-electron chi connectivity index (χ4n) is 0.996. The first-order chi connectivity index (χ1) is 6.11. The molecule has 0 saturated carbocycles. The number of carbonyl (C=O) groups excluding carboxylic acids is 2. The third-order valence-electron chi connectivity index (χ3n) is 1.66. The fraction of sp³-hybridized carbons (Fsp3) is 0.429. The molecule has 0 aromatic carbocycles. The highest BCUT2D eigenvalue weighted by Crippen LogP contribution is 2.12. The summed E-state index contributed by atoms with van der Waals surface area (Å²) in [5, 5.41) is 19.8. The highest BCUT2D eigenvalue weighted by molar-refractivity contribution is 6.10. The summed E-state index contributed by atoms with van der Waals surface area (Å²) in [6.45, 7) is -0.523. The third kappa shape index (κ3) is 1.48. The van der Waals surface area contributed by atoms with Gasteiger partial charge in [-0.2, -0.15) is 0 Å². The summed E-state index contributed by atoms with van der Waals surface area (Å²) in [6, 6.07) is -1.03. The molecule has 6 nitrogen and oxygen atoms in total. The predicted octanol–water partition coefficient (Wildman–Crippen LogP) is -1.54. The van der Waals surface area contributed by atoms with Crippen molar-refractivity contribution in [3.05, 3.63) is 11.5 Å². The monoisotopic (exact) mass is 187 g/mol. The van der Waals surface area contributed by atoms with E-state index in [2.05, 4.69) is 10.1 Å². The molecule has 3 N–H and O–H groups in total. The first-order valence-corrected chi connectivity index (χ1v) is 3.55. The minimum absolute atomic E-state index is 0.414. The number of ketones is 1. The van der Waals surface area contributed by atoms with Crippen molar-refractivity contribution in [2.24, 2.45) is 0 Å². The maximum atomic E-state index is 11.2. The van der Waals surface area contributed by atoms with Crippen LogP contribution in [0.1, 0.15) is 0 Å². The zero-order valence-electron chi connectivity index (χ0n) is 6.90. The van der Waals surface area contributed by atoms with Crippen LogP contribution in [-0.2, 0) is 14.3 Å². The number of aliphatic hydroxyl groups excluding tert-OH is 2. The molecule has 0 unspecified atom stereocenters. The summed E-state index contributed by atoms with van der Waals surface area (Å²) < 4.78 is 4.53. The van der Waals surface area contributed by atoms with Gasteiger partial charge in [-0.25, -0.2) is 0 Å². The highest BCUT2D eigenvalue weighted by atomic mass is 16.5. The van der Waals surface area contributed by atoms with Crippen molar-refractivity contribution in [1.29, 1.82) is 0 Å². The average Bonchev–Trinajstić information content (AvgIpc) is 2.12. The number of ether oxygens (including phenoxy) is 1. The summed E-state index contributed by atoms with van der Waals surface area (Å²) in [7, 11) is 1.16. The number of hydrogen-bond acceptors (Lipinski definition) is 5. The largest absolute Gasteiger partial charge is 0.500 e. The van der Waals surface area contributed by atoms with Gasteiger partial charge in [0.1, 0.15) is 6.04 Å². The summed E-state index contributed by atoms with van der Waals surface area (Å²) in [4.78, 5) is 22.1. The van der Waals surface area contributed by atoms with Gasteiger partial charge in [0.2, 0.25) is 17.3 Å². The zero-order valence-corrected chi connectivity index (χ0v) is 6.90. The Morgan fingerprint density at radius 3 is 2.62 bits per heavy atom. The summed E-state index contributed by atoms with van der Waals surface area (Å²) in [5.41, 5.74) is 0. The maximum absolute atomic E-state index is 11.2. The number of aliphatic hydroxyl groups is 2. The lowest BCUT2D eigenvalue weighted by Crippen LogP contribution is -2.49. The second-order valence-electron chi connectivity index (χ2n) is 2.45. The van der Waals surface area contributed by atoms with Gasteiger partial charge in [-0.3, -0.25) is 9.59 Å². The van der Waals surface area contributed by atoms with Crippen LogP contribution in [0.4, 0.5) is 0 Å². The van der Waals surface area contributed by atoms with E-state index in [1.54, 1.807) is 0 Å². The van der Waals surface area contributed by atoms with Gasteiger partial charge in [-0.05, 0) is 0 Å². The standard InChI is InChI=1S/C7H9NO5/c1-13-6-4(10)3(2-9)8-7(12)5(6)11/h3,9,11H,2H2,1H3,(H,8,12)/t3-/m1/s1. The lowest BCUT2D eigenvalue weighted by molar-refractivity contribution is -0.131. The molecule has 0 spiro atoms. The second-order valence-corrected chi connectivity index (χ2v) is 2.45. The van der Waals surface area contributed by atoms with Crippen LogP contribution in [0.2, 0.25) is 0 Å². The molecule has 13 heavy (non-hydrogen) atoms. The molecule has 0 aliphatic carbocycles. The number of hydrogen-bond donors (Lipinski definition) is 3. The van der Waals surface area contributed by atoms with Crippen molar-refractivity contribution in [2.45, 2.75) is 6.04 Å². The van der Waals surface area contributed by atoms with Crippen LogP contribution in [0.3, 0.4) is 0 Å². The van der Waals surface area contributed by atoms with E-state index in [1.807, 2.05) is 0 Å². The zero-order chi connectivity index (χ0) is 10.0. The second kappa shape index (κ2) is 3.44. The van der Waals surface area contributed by atoms with Crippen molar-refractivity contribution in [2.75, 3.05) is 13.7 Å². The van der Waals surface area contributed by atoms with Gasteiger partial charge >= 0.3 is 0 Å². The Kier molecular flexibility index (Phi) is 2.52. The molecule has 0 fully saturated rings. The smallest absolute Gasteiger partial charge is 0.290 e. The molecular formula is C7H9NO5. The molecule has 1 atom stereocenters. The van der Waals surface area contributed by atoms with Crippen LogP contribution in [-0.4, -0.2) is 41.7 Å². The van der Waals surface area contributed by atoms with Gasteiger partial charge in [0, 0.05) is 0 Å². The normalized spacial score (nSPS) is 23.1. The SMILES string of the molecule is COC1=C(O)C(=O)N[C@H](CO)C1=O. The minimum Gasteiger partial charge on any atom is -0.500 e. The number of methoxy groups -OCH3 is 1. The van der Waals surface area contributed by atoms with E-state index in [-0.39, 0.29) is 0 Å². The van der Waals surface area contributed by atoms with Gasteiger partial charge in [0.05, 0.1) is 13.7 Å². The van der Waals surface area contributed by atoms with Gasteiger partial charge in [-0.1, -0.05) is 0 Å². The number of carbonyl (C=O) groups is 2. The third-order valence-corrected chi connectivity index (χ3v) is 1.66. The van der Waals surface area contributed by atoms with E-state index in [0.717, 1.165) is 7.11 Å². The van der Waals surface area contributed by atoms with Gasteiger partial charge in [0.15, 0.2) is 0 Å². The highest BCUT2D eigenvalue weighted by Gasteiger charge is 2.34. The number of rotatable bonds is 2. The van der Waals surface area contributed by atoms with Gasteiger partial charge < -0.3 is 20.3 Å². The van der Waals surface area contributed by atoms with Gasteiger partial charge in [-0.15, -0.1) is 0 Å². The van der Waals surface area contributed by atoms with Crippen molar-refractivity contribution >= 4 is 11.7 Å². The number of Topliss-reactive ketones (excluding diaryl/α,β-unsaturated/α-hetero) is 1. The lowest BCUT2D eigenvalue weighted by Gasteiger charge is -2.21. The van der Waals surface area contributed by atoms with Gasteiger partial charge in [0.25, 0.3) is 5.91 Å². The molecule has 1 heterocycles. The fourth-order valence-corrected chi connectivity index (χ4v) is 0.996. The lowest BCUT2D eigenvalue weighted by atomic mass is 10.1. The Morgan fingerprint density at radius 1 is 1.54 bits per heavy atom. The molecule has 0 aromatic rings. The van der Waals surface area contributed by atoms with E-state index in [0.29, 0.717) is 0 Å². The minimum atomic E-state index is -1.03. The summed E-state index contributed by atoms with van der Waals surface area (Å²) in [6.07, 6.45) is 0. The first-order valence-electron chi connectivity index (χ1n) is 3.55. The average molecular weight is 187 g/mol. The van der Waals surface area contributed by atoms with Crippen molar-refractivity contribution in [3.8, 4) is 0 Å². The van der Waals surface area contributed by atoms with Crippen molar-refractivity contribution in [1.82, 2.24) is 5.32 Å². The number of amides is 1. The number of nitrogens with one attached hydrogen (secondary N) is 1. The Balaban J connectivity index is 3.04. The molecule has 1 aliphatic heterocycles. The van der Waals surface area contributed by atoms with Crippen LogP contribution in [0.25, 0.3) is 0 Å². The molecule has 0 saturated heterocycles. The topological polar surface area (TPSA) is 95.9 Å². The Bertz CT molecular complexity index is 283. The molecule has 1 amide bonds. The molecule has 6 heteroatoms. The van der Waals surface area contributed by atoms with E-state index in [4.69, 9.17) is 10.2 Å².